The predicted octanol–water partition coefficient (Wildman–Crippen LogP) is 0.338. The van der Waals surface area contributed by atoms with E-state index in [0.29, 0.717) is 6.54 Å². The fourth-order valence-electron chi connectivity index (χ4n) is 1.72. The second-order valence-corrected chi connectivity index (χ2v) is 4.30. The van der Waals surface area contributed by atoms with E-state index in [0.717, 1.165) is 26.1 Å². The summed E-state index contributed by atoms with van der Waals surface area (Å²) >= 11 is 0. The molecule has 1 fully saturated rings. The third-order valence-corrected chi connectivity index (χ3v) is 2.34. The molecule has 0 saturated carbocycles. The maximum Gasteiger partial charge on any atom is 0.114 e. The van der Waals surface area contributed by atoms with Gasteiger partial charge in [-0.3, -0.25) is 4.90 Å². The van der Waals surface area contributed by atoms with Crippen LogP contribution in [0.1, 0.15) is 20.3 Å². The number of nitriles is 1. The molecule has 2 N–H and O–H groups in total. The minimum absolute atomic E-state index is 0.243. The molecule has 1 heterocycles. The van der Waals surface area contributed by atoms with Crippen LogP contribution in [-0.2, 0) is 4.74 Å². The Balaban J connectivity index is 2.47. The van der Waals surface area contributed by atoms with Crippen molar-refractivity contribution < 1.29 is 4.74 Å². The first-order chi connectivity index (χ1) is 6.53. The Kier molecular flexibility index (Phi) is 3.87. The third-order valence-electron chi connectivity index (χ3n) is 2.34. The Bertz CT molecular complexity index is 222. The highest BCUT2D eigenvalue weighted by Crippen LogP contribution is 2.08. The van der Waals surface area contributed by atoms with Crippen LogP contribution in [0.4, 0.5) is 0 Å². The Labute approximate surface area is 85.6 Å². The van der Waals surface area contributed by atoms with Crippen molar-refractivity contribution in [3.8, 4) is 6.07 Å². The van der Waals surface area contributed by atoms with Gasteiger partial charge in [0.2, 0.25) is 0 Å². The van der Waals surface area contributed by atoms with Gasteiger partial charge in [0.25, 0.3) is 0 Å². The molecule has 0 aromatic rings. The van der Waals surface area contributed by atoms with Crippen LogP contribution < -0.4 is 5.73 Å². The largest absolute Gasteiger partial charge is 0.377 e. The Morgan fingerprint density at radius 3 is 3.07 bits per heavy atom. The Morgan fingerprint density at radius 1 is 1.71 bits per heavy atom. The van der Waals surface area contributed by atoms with Crippen molar-refractivity contribution in [1.82, 2.24) is 4.90 Å². The van der Waals surface area contributed by atoms with Gasteiger partial charge in [-0.15, -0.1) is 0 Å². The highest BCUT2D eigenvalue weighted by molar-refractivity contribution is 5.03. The lowest BCUT2D eigenvalue weighted by Gasteiger charge is -2.27. The summed E-state index contributed by atoms with van der Waals surface area (Å²) in [4.78, 5) is 2.21. The summed E-state index contributed by atoms with van der Waals surface area (Å²) in [5, 5.41) is 8.83. The van der Waals surface area contributed by atoms with Crippen LogP contribution in [0.2, 0.25) is 0 Å². The van der Waals surface area contributed by atoms with E-state index in [-0.39, 0.29) is 6.10 Å². The molecule has 0 aromatic heterocycles. The fourth-order valence-corrected chi connectivity index (χ4v) is 1.72. The first-order valence-electron chi connectivity index (χ1n) is 5.07. The van der Waals surface area contributed by atoms with Crippen molar-refractivity contribution in [1.29, 1.82) is 5.26 Å². The molecule has 0 spiro atoms. The van der Waals surface area contributed by atoms with Gasteiger partial charge in [0, 0.05) is 26.2 Å². The molecule has 0 aliphatic carbocycles. The van der Waals surface area contributed by atoms with E-state index in [4.69, 9.17) is 15.7 Å². The maximum atomic E-state index is 8.83. The standard InChI is InChI=1S/C10H19N3O/c1-9-6-13(4-3-5-14-9)8-10(2,12)7-11/h9H,3-6,8,12H2,1-2H3. The molecule has 2 atom stereocenters. The SMILES string of the molecule is CC1CN(CC(C)(N)C#N)CCCO1. The molecule has 0 amide bonds. The summed E-state index contributed by atoms with van der Waals surface area (Å²) in [7, 11) is 0. The molecule has 1 saturated heterocycles. The number of hydrogen-bond acceptors (Lipinski definition) is 4. The second-order valence-electron chi connectivity index (χ2n) is 4.30. The summed E-state index contributed by atoms with van der Waals surface area (Å²) in [6.07, 6.45) is 1.26. The summed E-state index contributed by atoms with van der Waals surface area (Å²) in [5.41, 5.74) is 5.05. The summed E-state index contributed by atoms with van der Waals surface area (Å²) in [5.74, 6) is 0. The normalized spacial score (nSPS) is 28.9. The van der Waals surface area contributed by atoms with E-state index in [1.807, 2.05) is 0 Å². The summed E-state index contributed by atoms with van der Waals surface area (Å²) in [6, 6.07) is 2.12. The van der Waals surface area contributed by atoms with E-state index < -0.39 is 5.54 Å². The molecular formula is C10H19N3O. The van der Waals surface area contributed by atoms with Crippen LogP contribution in [0, 0.1) is 11.3 Å². The van der Waals surface area contributed by atoms with Crippen molar-refractivity contribution in [2.24, 2.45) is 5.73 Å². The molecule has 80 valence electrons. The third kappa shape index (κ3) is 3.62. The average Bonchev–Trinajstić information content (AvgIpc) is 2.29. The van der Waals surface area contributed by atoms with E-state index in [1.54, 1.807) is 6.92 Å². The fraction of sp³-hybridized carbons (Fsp3) is 0.900. The number of nitrogens with zero attached hydrogens (tertiary/aromatic N) is 2. The van der Waals surface area contributed by atoms with E-state index in [1.165, 1.54) is 0 Å². The van der Waals surface area contributed by atoms with Gasteiger partial charge in [0.1, 0.15) is 5.54 Å². The van der Waals surface area contributed by atoms with Gasteiger partial charge in [0.15, 0.2) is 0 Å². The minimum atomic E-state index is -0.746. The summed E-state index contributed by atoms with van der Waals surface area (Å²) < 4.78 is 5.52. The molecule has 4 nitrogen and oxygen atoms in total. The van der Waals surface area contributed by atoms with Gasteiger partial charge in [-0.2, -0.15) is 5.26 Å². The van der Waals surface area contributed by atoms with Crippen molar-refractivity contribution >= 4 is 0 Å². The molecule has 1 aliphatic heterocycles. The van der Waals surface area contributed by atoms with Crippen molar-refractivity contribution in [2.45, 2.75) is 31.9 Å². The number of rotatable bonds is 2. The molecule has 0 radical (unpaired) electrons. The Morgan fingerprint density at radius 2 is 2.43 bits per heavy atom. The van der Waals surface area contributed by atoms with Gasteiger partial charge in [-0.25, -0.2) is 0 Å². The monoisotopic (exact) mass is 197 g/mol. The minimum Gasteiger partial charge on any atom is -0.377 e. The number of ether oxygens (including phenoxy) is 1. The lowest BCUT2D eigenvalue weighted by Crippen LogP contribution is -2.48. The molecule has 4 heteroatoms. The quantitative estimate of drug-likeness (QED) is 0.693. The van der Waals surface area contributed by atoms with E-state index >= 15 is 0 Å². The van der Waals surface area contributed by atoms with Gasteiger partial charge in [0.05, 0.1) is 12.2 Å². The van der Waals surface area contributed by atoms with Crippen molar-refractivity contribution in [2.75, 3.05) is 26.2 Å². The van der Waals surface area contributed by atoms with Gasteiger partial charge in [-0.05, 0) is 20.3 Å². The molecule has 2 unspecified atom stereocenters. The zero-order valence-electron chi connectivity index (χ0n) is 8.99. The van der Waals surface area contributed by atoms with Crippen molar-refractivity contribution in [3.63, 3.8) is 0 Å². The summed E-state index contributed by atoms with van der Waals surface area (Å²) in [6.45, 7) is 7.10. The average molecular weight is 197 g/mol. The van der Waals surface area contributed by atoms with Crippen LogP contribution in [0.3, 0.4) is 0 Å². The number of hydrogen-bond donors (Lipinski definition) is 1. The zero-order valence-corrected chi connectivity index (χ0v) is 8.99. The zero-order chi connectivity index (χ0) is 10.6. The van der Waals surface area contributed by atoms with Crippen LogP contribution in [0.5, 0.6) is 0 Å². The highest BCUT2D eigenvalue weighted by Gasteiger charge is 2.24. The first-order valence-corrected chi connectivity index (χ1v) is 5.07. The lowest BCUT2D eigenvalue weighted by atomic mass is 10.1. The van der Waals surface area contributed by atoms with E-state index in [2.05, 4.69) is 17.9 Å². The number of nitrogens with two attached hydrogens (primary N) is 1. The lowest BCUT2D eigenvalue weighted by molar-refractivity contribution is 0.0661. The first kappa shape index (κ1) is 11.4. The maximum absolute atomic E-state index is 8.83. The Hall–Kier alpha value is -0.630. The molecule has 0 bridgehead atoms. The van der Waals surface area contributed by atoms with Gasteiger partial charge >= 0.3 is 0 Å². The topological polar surface area (TPSA) is 62.3 Å². The van der Waals surface area contributed by atoms with Crippen LogP contribution in [0.25, 0.3) is 0 Å². The molecule has 14 heavy (non-hydrogen) atoms. The predicted molar refractivity (Wildman–Crippen MR) is 54.7 cm³/mol. The molecular weight excluding hydrogens is 178 g/mol. The molecule has 1 aliphatic rings. The van der Waals surface area contributed by atoms with Crippen molar-refractivity contribution in [3.05, 3.63) is 0 Å². The van der Waals surface area contributed by atoms with Gasteiger partial charge in [-0.1, -0.05) is 0 Å². The smallest absolute Gasteiger partial charge is 0.114 e. The van der Waals surface area contributed by atoms with Crippen LogP contribution in [-0.4, -0.2) is 42.8 Å². The van der Waals surface area contributed by atoms with Gasteiger partial charge < -0.3 is 10.5 Å². The second kappa shape index (κ2) is 4.74. The van der Waals surface area contributed by atoms with Crippen LogP contribution in [0.15, 0.2) is 0 Å². The molecule has 0 aromatic carbocycles. The molecule has 1 rings (SSSR count). The van der Waals surface area contributed by atoms with E-state index in [9.17, 15) is 0 Å². The highest BCUT2D eigenvalue weighted by atomic mass is 16.5. The van der Waals surface area contributed by atoms with Crippen LogP contribution >= 0.6 is 0 Å².